The molecule has 0 bridgehead atoms. The number of nitrogens with one attached hydrogen (secondary N) is 1. The molecule has 9 heteroatoms. The van der Waals surface area contributed by atoms with Crippen molar-refractivity contribution >= 4 is 46.7 Å². The van der Waals surface area contributed by atoms with E-state index in [-0.39, 0.29) is 12.2 Å². The zero-order valence-electron chi connectivity index (χ0n) is 19.7. The highest BCUT2D eigenvalue weighted by molar-refractivity contribution is 6.39. The minimum atomic E-state index is 0.0384. The van der Waals surface area contributed by atoms with Crippen LogP contribution in [0.4, 0.5) is 17.5 Å². The Kier molecular flexibility index (Phi) is 6.18. The van der Waals surface area contributed by atoms with Crippen molar-refractivity contribution < 1.29 is 4.79 Å². The lowest BCUT2D eigenvalue weighted by atomic mass is 9.91. The van der Waals surface area contributed by atoms with Gasteiger partial charge in [0.05, 0.1) is 27.8 Å². The molecule has 0 saturated carbocycles. The molecule has 4 heterocycles. The largest absolute Gasteiger partial charge is 0.355 e. The fraction of sp³-hybridized carbons (Fsp3) is 0.400. The summed E-state index contributed by atoms with van der Waals surface area (Å²) in [6.07, 6.45) is 8.17. The molecule has 1 aliphatic carbocycles. The first-order valence-corrected chi connectivity index (χ1v) is 11.9. The highest BCUT2D eigenvalue weighted by atomic mass is 35.5. The van der Waals surface area contributed by atoms with E-state index in [4.69, 9.17) is 21.6 Å². The third-order valence-electron chi connectivity index (χ3n) is 6.65. The maximum atomic E-state index is 12.6. The number of piperidine rings is 1. The topological polar surface area (TPSA) is 86.6 Å². The van der Waals surface area contributed by atoms with Crippen LogP contribution < -0.4 is 10.2 Å². The number of pyridine rings is 1. The Balaban J connectivity index is 1.39. The van der Waals surface area contributed by atoms with Crippen molar-refractivity contribution in [3.05, 3.63) is 52.0 Å². The molecule has 34 heavy (non-hydrogen) atoms. The van der Waals surface area contributed by atoms with E-state index in [2.05, 4.69) is 39.2 Å². The first-order valence-electron chi connectivity index (χ1n) is 11.6. The van der Waals surface area contributed by atoms with E-state index >= 15 is 0 Å². The van der Waals surface area contributed by atoms with E-state index < -0.39 is 0 Å². The fourth-order valence-corrected chi connectivity index (χ4v) is 4.77. The smallest absolute Gasteiger partial charge is 0.227 e. The summed E-state index contributed by atoms with van der Waals surface area (Å²) in [5.74, 6) is 1.48. The molecule has 1 unspecified atom stereocenters. The van der Waals surface area contributed by atoms with E-state index in [1.807, 2.05) is 19.1 Å². The van der Waals surface area contributed by atoms with Crippen LogP contribution in [0, 0.1) is 6.92 Å². The van der Waals surface area contributed by atoms with Gasteiger partial charge in [-0.3, -0.25) is 9.79 Å². The normalized spacial score (nSPS) is 20.1. The molecule has 176 valence electrons. The molecule has 2 aromatic rings. The van der Waals surface area contributed by atoms with Crippen molar-refractivity contribution in [2.75, 3.05) is 37.4 Å². The number of aromatic nitrogens is 3. The lowest BCUT2D eigenvalue weighted by molar-refractivity contribution is -0.115. The number of nitrogens with zero attached hydrogens (tertiary/aromatic N) is 6. The van der Waals surface area contributed by atoms with Crippen LogP contribution in [0.25, 0.3) is 5.70 Å². The van der Waals surface area contributed by atoms with Gasteiger partial charge in [0, 0.05) is 49.1 Å². The number of rotatable bonds is 4. The van der Waals surface area contributed by atoms with E-state index in [0.717, 1.165) is 42.3 Å². The maximum absolute atomic E-state index is 12.6. The predicted molar refractivity (Wildman–Crippen MR) is 136 cm³/mol. The van der Waals surface area contributed by atoms with Gasteiger partial charge in [-0.1, -0.05) is 17.7 Å². The number of aryl methyl sites for hydroxylation is 1. The number of allylic oxidation sites excluding steroid dienone is 3. The van der Waals surface area contributed by atoms with Gasteiger partial charge in [-0.2, -0.15) is 0 Å². The lowest BCUT2D eigenvalue weighted by Gasteiger charge is -2.37. The summed E-state index contributed by atoms with van der Waals surface area (Å²) in [4.78, 5) is 35.7. The van der Waals surface area contributed by atoms with Crippen LogP contribution in [0.5, 0.6) is 0 Å². The molecule has 1 fully saturated rings. The van der Waals surface area contributed by atoms with E-state index in [9.17, 15) is 4.79 Å². The van der Waals surface area contributed by atoms with Gasteiger partial charge in [0.25, 0.3) is 0 Å². The van der Waals surface area contributed by atoms with E-state index in [1.54, 1.807) is 18.5 Å². The van der Waals surface area contributed by atoms with Crippen molar-refractivity contribution in [3.63, 3.8) is 0 Å². The van der Waals surface area contributed by atoms with Crippen LogP contribution in [0.15, 0.2) is 40.0 Å². The summed E-state index contributed by atoms with van der Waals surface area (Å²) < 4.78 is 0. The Morgan fingerprint density at radius 1 is 1.24 bits per heavy atom. The Morgan fingerprint density at radius 3 is 2.88 bits per heavy atom. The monoisotopic (exact) mass is 477 g/mol. The Hall–Kier alpha value is -3.10. The average Bonchev–Trinajstić information content (AvgIpc) is 3.03. The second-order valence-corrected chi connectivity index (χ2v) is 9.62. The molecular weight excluding hydrogens is 450 g/mol. The van der Waals surface area contributed by atoms with Gasteiger partial charge in [-0.25, -0.2) is 15.0 Å². The molecule has 1 atom stereocenters. The zero-order valence-corrected chi connectivity index (χ0v) is 20.4. The summed E-state index contributed by atoms with van der Waals surface area (Å²) in [6, 6.07) is 4.62. The fourth-order valence-electron chi connectivity index (χ4n) is 4.64. The molecule has 3 aliphatic rings. The highest BCUT2D eigenvalue weighted by Gasteiger charge is 2.28. The SMILES string of the molecule is Cc1nc(N2CCCC(N(C)C)C2)ccc1Nc1ncc2c(n1)C1=C(CC=C(Cl)C=N1)C(=O)C2. The Morgan fingerprint density at radius 2 is 2.09 bits per heavy atom. The predicted octanol–water partition coefficient (Wildman–Crippen LogP) is 3.89. The lowest BCUT2D eigenvalue weighted by Crippen LogP contribution is -2.45. The third-order valence-corrected chi connectivity index (χ3v) is 6.90. The van der Waals surface area contributed by atoms with Gasteiger partial charge < -0.3 is 15.1 Å². The average molecular weight is 478 g/mol. The second-order valence-electron chi connectivity index (χ2n) is 9.18. The van der Waals surface area contributed by atoms with E-state index in [1.165, 1.54) is 6.42 Å². The quantitative estimate of drug-likeness (QED) is 0.714. The summed E-state index contributed by atoms with van der Waals surface area (Å²) in [5, 5.41) is 3.82. The third kappa shape index (κ3) is 4.48. The number of halogens is 1. The molecule has 1 N–H and O–H groups in total. The first kappa shape index (κ1) is 22.7. The van der Waals surface area contributed by atoms with Gasteiger partial charge >= 0.3 is 0 Å². The van der Waals surface area contributed by atoms with Gasteiger partial charge in [0.1, 0.15) is 5.82 Å². The van der Waals surface area contributed by atoms with Crippen LogP contribution >= 0.6 is 11.6 Å². The van der Waals surface area contributed by atoms with Crippen LogP contribution in [-0.4, -0.2) is 65.1 Å². The summed E-state index contributed by atoms with van der Waals surface area (Å²) in [6.45, 7) is 3.99. The van der Waals surface area contributed by atoms with Gasteiger partial charge in [0.15, 0.2) is 5.78 Å². The number of likely N-dealkylation sites (N-methyl/N-ethyl adjacent to an activating group) is 1. The van der Waals surface area contributed by atoms with Gasteiger partial charge in [0.2, 0.25) is 5.95 Å². The first-order chi connectivity index (χ1) is 16.4. The van der Waals surface area contributed by atoms with Crippen LogP contribution in [0.1, 0.15) is 36.2 Å². The van der Waals surface area contributed by atoms with Crippen LogP contribution in [0.2, 0.25) is 0 Å². The maximum Gasteiger partial charge on any atom is 0.227 e. The second kappa shape index (κ2) is 9.27. The molecule has 0 spiro atoms. The Bertz CT molecular complexity index is 1230. The highest BCUT2D eigenvalue weighted by Crippen LogP contribution is 2.33. The molecule has 0 aromatic carbocycles. The number of carbonyl (C=O) groups excluding carboxylic acids is 1. The van der Waals surface area contributed by atoms with Crippen molar-refractivity contribution in [2.45, 2.75) is 38.6 Å². The number of carbonyl (C=O) groups is 1. The van der Waals surface area contributed by atoms with Crippen molar-refractivity contribution in [1.82, 2.24) is 19.9 Å². The summed E-state index contributed by atoms with van der Waals surface area (Å²) in [5.41, 5.74) is 4.39. The number of hydrogen-bond donors (Lipinski definition) is 1. The number of aliphatic imine (C=N–C) groups is 1. The van der Waals surface area contributed by atoms with E-state index in [0.29, 0.717) is 40.4 Å². The molecule has 5 rings (SSSR count). The minimum Gasteiger partial charge on any atom is -0.355 e. The number of hydrogen-bond acceptors (Lipinski definition) is 8. The van der Waals surface area contributed by atoms with Gasteiger partial charge in [-0.15, -0.1) is 0 Å². The number of ketones is 1. The van der Waals surface area contributed by atoms with Crippen molar-refractivity contribution in [1.29, 1.82) is 0 Å². The number of anilines is 3. The summed E-state index contributed by atoms with van der Waals surface area (Å²) >= 11 is 6.13. The standard InChI is InChI=1S/C25H28ClN7O/c1-15-20(8-9-22(29-15)33-10-4-5-18(14-33)32(2)3)30-25-28-12-16-11-21(34)19-7-6-17(26)13-27-24(19)23(16)31-25/h6,8-9,12-13,18H,4-5,7,10-11,14H2,1-3H3,(H,28,30,31). The van der Waals surface area contributed by atoms with Crippen LogP contribution in [0.3, 0.4) is 0 Å². The molecule has 2 aromatic heterocycles. The number of Topliss-reactive ketones (excluding diaryl/α,β-unsaturated/α-hetero) is 1. The van der Waals surface area contributed by atoms with Crippen LogP contribution in [-0.2, 0) is 11.2 Å². The number of fused-ring (bicyclic) bond motifs is 2. The molecule has 0 radical (unpaired) electrons. The van der Waals surface area contributed by atoms with Crippen molar-refractivity contribution in [2.24, 2.45) is 4.99 Å². The molecule has 8 nitrogen and oxygen atoms in total. The van der Waals surface area contributed by atoms with Gasteiger partial charge in [-0.05, 0) is 52.4 Å². The molecular formula is C25H28ClN7O. The molecule has 2 aliphatic heterocycles. The molecule has 0 amide bonds. The molecule has 1 saturated heterocycles. The Labute approximate surface area is 204 Å². The minimum absolute atomic E-state index is 0.0384. The zero-order chi connectivity index (χ0) is 23.8. The summed E-state index contributed by atoms with van der Waals surface area (Å²) in [7, 11) is 4.28. The van der Waals surface area contributed by atoms with Crippen molar-refractivity contribution in [3.8, 4) is 0 Å².